The first-order valence-corrected chi connectivity index (χ1v) is 14.5. The number of carbonyl (C=O) groups is 2. The molecule has 1 fully saturated rings. The monoisotopic (exact) mass is 586 g/mol. The highest BCUT2D eigenvalue weighted by Crippen LogP contribution is 2.41. The van der Waals surface area contributed by atoms with Crippen molar-refractivity contribution < 1.29 is 14.3 Å². The maximum atomic E-state index is 13.3. The van der Waals surface area contributed by atoms with Gasteiger partial charge in [0.2, 0.25) is 5.91 Å². The topological polar surface area (TPSA) is 80.4 Å². The predicted molar refractivity (Wildman–Crippen MR) is 170 cm³/mol. The summed E-state index contributed by atoms with van der Waals surface area (Å²) in [6, 6.07) is 19.1. The molecule has 0 saturated carbocycles. The number of hydrogen-bond donors (Lipinski definition) is 2. The van der Waals surface area contributed by atoms with E-state index in [-0.39, 0.29) is 11.8 Å². The number of hydrogen-bond acceptors (Lipinski definition) is 7. The normalized spacial score (nSPS) is 18.1. The van der Waals surface area contributed by atoms with Crippen LogP contribution in [0.15, 0.2) is 60.7 Å². The van der Waals surface area contributed by atoms with E-state index >= 15 is 0 Å². The number of carbonyl (C=O) groups excluding carboxylic acids is 2. The van der Waals surface area contributed by atoms with Crippen LogP contribution in [0.5, 0.6) is 5.75 Å². The van der Waals surface area contributed by atoms with Gasteiger partial charge in [0.25, 0.3) is 5.91 Å². The maximum absolute atomic E-state index is 13.3. The fraction of sp³-hybridized carbons (Fsp3) is 0.312. The van der Waals surface area contributed by atoms with Crippen molar-refractivity contribution in [2.75, 3.05) is 87.5 Å². The summed E-state index contributed by atoms with van der Waals surface area (Å²) in [5.41, 5.74) is 6.03. The van der Waals surface area contributed by atoms with Gasteiger partial charge in [-0.25, -0.2) is 0 Å². The molecule has 9 nitrogen and oxygen atoms in total. The molecule has 0 atom stereocenters. The van der Waals surface area contributed by atoms with Crippen LogP contribution >= 0.6 is 11.6 Å². The van der Waals surface area contributed by atoms with Gasteiger partial charge < -0.3 is 30.1 Å². The van der Waals surface area contributed by atoms with Crippen molar-refractivity contribution in [2.45, 2.75) is 0 Å². The highest BCUT2D eigenvalue weighted by Gasteiger charge is 2.29. The second-order valence-corrected chi connectivity index (χ2v) is 11.5. The number of benzene rings is 3. The Morgan fingerprint density at radius 3 is 2.52 bits per heavy atom. The fourth-order valence-corrected chi connectivity index (χ4v) is 5.72. The second-order valence-electron chi connectivity index (χ2n) is 11.1. The number of amides is 2. The van der Waals surface area contributed by atoms with Gasteiger partial charge in [-0.3, -0.25) is 14.5 Å². The zero-order chi connectivity index (χ0) is 29.4. The second kappa shape index (κ2) is 11.7. The Bertz CT molecular complexity index is 1550. The van der Waals surface area contributed by atoms with E-state index in [0.29, 0.717) is 35.1 Å². The van der Waals surface area contributed by atoms with E-state index in [4.69, 9.17) is 16.3 Å². The summed E-state index contributed by atoms with van der Waals surface area (Å²) in [5.74, 6) is 0.614. The standard InChI is InChI=1S/C32H35ClN6O3/c1-36-12-14-39(15-13-36)20-29(40)38(3)24-8-6-23(7-9-24)34-31(21-4-11-27-28(18-21)42-17-16-37(27)2)30-25-10-5-22(33)19-26(25)35-32(30)41/h4-11,18-19,34H,12-17,20H2,1-3H3,(H,35,41). The molecule has 0 aromatic heterocycles. The molecule has 42 heavy (non-hydrogen) atoms. The summed E-state index contributed by atoms with van der Waals surface area (Å²) >= 11 is 6.22. The van der Waals surface area contributed by atoms with E-state index in [1.165, 1.54) is 0 Å². The van der Waals surface area contributed by atoms with E-state index in [1.807, 2.05) is 62.6 Å². The number of piperazine rings is 1. The van der Waals surface area contributed by atoms with Crippen LogP contribution in [-0.4, -0.2) is 88.6 Å². The Balaban J connectivity index is 1.29. The van der Waals surface area contributed by atoms with Crippen LogP contribution in [0, 0.1) is 0 Å². The van der Waals surface area contributed by atoms with Gasteiger partial charge in [0.1, 0.15) is 12.4 Å². The molecule has 2 amide bonds. The third-order valence-electron chi connectivity index (χ3n) is 8.17. The number of likely N-dealkylation sites (N-methyl/N-ethyl adjacent to an activating group) is 3. The van der Waals surface area contributed by atoms with Crippen LogP contribution in [0.25, 0.3) is 11.3 Å². The Morgan fingerprint density at radius 2 is 1.76 bits per heavy atom. The Hall–Kier alpha value is -4.05. The molecule has 0 unspecified atom stereocenters. The van der Waals surface area contributed by atoms with Gasteiger partial charge in [-0.1, -0.05) is 23.7 Å². The van der Waals surface area contributed by atoms with Crippen LogP contribution < -0.4 is 25.2 Å². The summed E-state index contributed by atoms with van der Waals surface area (Å²) in [7, 11) is 5.95. The van der Waals surface area contributed by atoms with Crippen LogP contribution in [-0.2, 0) is 9.59 Å². The molecule has 0 aliphatic carbocycles. The summed E-state index contributed by atoms with van der Waals surface area (Å²) < 4.78 is 5.98. The van der Waals surface area contributed by atoms with Crippen LogP contribution in [0.1, 0.15) is 11.1 Å². The summed E-state index contributed by atoms with van der Waals surface area (Å²) in [5, 5.41) is 7.01. The first-order chi connectivity index (χ1) is 20.3. The quantitative estimate of drug-likeness (QED) is 0.417. The first-order valence-electron chi connectivity index (χ1n) is 14.2. The Kier molecular flexibility index (Phi) is 7.81. The average Bonchev–Trinajstić information content (AvgIpc) is 3.31. The van der Waals surface area contributed by atoms with Gasteiger partial charge in [-0.05, 0) is 55.6 Å². The van der Waals surface area contributed by atoms with Gasteiger partial charge in [-0.2, -0.15) is 0 Å². The van der Waals surface area contributed by atoms with E-state index in [9.17, 15) is 9.59 Å². The Morgan fingerprint density at radius 1 is 1.00 bits per heavy atom. The van der Waals surface area contributed by atoms with Crippen molar-refractivity contribution in [3.05, 3.63) is 76.8 Å². The molecule has 0 radical (unpaired) electrons. The van der Waals surface area contributed by atoms with Crippen molar-refractivity contribution in [3.8, 4) is 5.75 Å². The fourth-order valence-electron chi connectivity index (χ4n) is 5.55. The van der Waals surface area contributed by atoms with Crippen molar-refractivity contribution in [1.82, 2.24) is 9.80 Å². The number of fused-ring (bicyclic) bond motifs is 2. The lowest BCUT2D eigenvalue weighted by Gasteiger charge is -2.32. The highest BCUT2D eigenvalue weighted by molar-refractivity contribution is 6.38. The maximum Gasteiger partial charge on any atom is 0.258 e. The molecule has 6 rings (SSSR count). The molecule has 10 heteroatoms. The lowest BCUT2D eigenvalue weighted by atomic mass is 9.99. The molecular weight excluding hydrogens is 552 g/mol. The number of nitrogens with zero attached hydrogens (tertiary/aromatic N) is 4. The van der Waals surface area contributed by atoms with E-state index in [2.05, 4.69) is 32.4 Å². The van der Waals surface area contributed by atoms with Gasteiger partial charge in [0.15, 0.2) is 0 Å². The number of ether oxygens (including phenoxy) is 1. The third kappa shape index (κ3) is 5.68. The first kappa shape index (κ1) is 28.1. The van der Waals surface area contributed by atoms with Gasteiger partial charge in [0, 0.05) is 67.8 Å². The lowest BCUT2D eigenvalue weighted by Crippen LogP contribution is -2.48. The van der Waals surface area contributed by atoms with Crippen molar-refractivity contribution >= 4 is 57.4 Å². The predicted octanol–water partition coefficient (Wildman–Crippen LogP) is 4.31. The minimum atomic E-state index is -0.212. The zero-order valence-electron chi connectivity index (χ0n) is 24.1. The molecule has 218 valence electrons. The third-order valence-corrected chi connectivity index (χ3v) is 8.41. The van der Waals surface area contributed by atoms with E-state index in [0.717, 1.165) is 66.7 Å². The lowest BCUT2D eigenvalue weighted by molar-refractivity contribution is -0.119. The summed E-state index contributed by atoms with van der Waals surface area (Å²) in [6.07, 6.45) is 0. The molecule has 2 N–H and O–H groups in total. The van der Waals surface area contributed by atoms with Crippen molar-refractivity contribution in [3.63, 3.8) is 0 Å². The Labute approximate surface area is 251 Å². The van der Waals surface area contributed by atoms with Crippen LogP contribution in [0.3, 0.4) is 0 Å². The number of halogens is 1. The molecule has 3 heterocycles. The van der Waals surface area contributed by atoms with Gasteiger partial charge in [0.05, 0.1) is 35.7 Å². The molecule has 3 aromatic carbocycles. The highest BCUT2D eigenvalue weighted by atomic mass is 35.5. The van der Waals surface area contributed by atoms with Crippen LogP contribution in [0.2, 0.25) is 5.02 Å². The van der Waals surface area contributed by atoms with E-state index < -0.39 is 0 Å². The zero-order valence-corrected chi connectivity index (χ0v) is 24.9. The van der Waals surface area contributed by atoms with E-state index in [1.54, 1.807) is 17.0 Å². The molecular formula is C32H35ClN6O3. The molecule has 3 aliphatic rings. The average molecular weight is 587 g/mol. The number of rotatable bonds is 6. The van der Waals surface area contributed by atoms with Gasteiger partial charge in [-0.15, -0.1) is 0 Å². The molecule has 0 bridgehead atoms. The molecule has 1 saturated heterocycles. The minimum absolute atomic E-state index is 0.0555. The van der Waals surface area contributed by atoms with Crippen molar-refractivity contribution in [1.29, 1.82) is 0 Å². The summed E-state index contributed by atoms with van der Waals surface area (Å²) in [6.45, 7) is 5.53. The SMILES string of the molecule is CN1CCN(CC(=O)N(C)c2ccc(NC(=C3C(=O)Nc4cc(Cl)ccc43)c3ccc4c(c3)OCCN4C)cc2)CC1. The largest absolute Gasteiger partial charge is 0.490 e. The molecule has 0 spiro atoms. The summed E-state index contributed by atoms with van der Waals surface area (Å²) in [4.78, 5) is 34.7. The van der Waals surface area contributed by atoms with Crippen molar-refractivity contribution in [2.24, 2.45) is 0 Å². The number of anilines is 4. The number of nitrogens with one attached hydrogen (secondary N) is 2. The minimum Gasteiger partial charge on any atom is -0.490 e. The molecule has 3 aliphatic heterocycles. The molecule has 3 aromatic rings. The van der Waals surface area contributed by atoms with Crippen LogP contribution in [0.4, 0.5) is 22.7 Å². The smallest absolute Gasteiger partial charge is 0.258 e. The van der Waals surface area contributed by atoms with Gasteiger partial charge >= 0.3 is 0 Å².